The molecule has 5 nitrogen and oxygen atoms in total. The number of imidazole rings is 1. The summed E-state index contributed by atoms with van der Waals surface area (Å²) in [6.45, 7) is 0. The van der Waals surface area contributed by atoms with E-state index in [9.17, 15) is 12.6 Å². The highest BCUT2D eigenvalue weighted by atomic mass is 32.2. The minimum Gasteiger partial charge on any atom is -0.307 e. The van der Waals surface area contributed by atoms with Crippen molar-refractivity contribution < 1.29 is 12.6 Å². The zero-order valence-electron chi connectivity index (χ0n) is 12.3. The van der Waals surface area contributed by atoms with Crippen molar-refractivity contribution in [3.8, 4) is 0 Å². The highest BCUT2D eigenvalue weighted by Gasteiger charge is 2.16. The van der Waals surface area contributed by atoms with Crippen molar-refractivity contribution in [2.75, 3.05) is 11.5 Å². The lowest BCUT2D eigenvalue weighted by molar-refractivity contribution is 0.597. The molecule has 0 aliphatic carbocycles. The van der Waals surface area contributed by atoms with Gasteiger partial charge in [-0.25, -0.2) is 13.4 Å². The molecule has 0 bridgehead atoms. The van der Waals surface area contributed by atoms with E-state index in [1.165, 1.54) is 0 Å². The quantitative estimate of drug-likeness (QED) is 0.684. The van der Waals surface area contributed by atoms with Gasteiger partial charge in [0.2, 0.25) is 0 Å². The first-order valence-corrected chi connectivity index (χ1v) is 10.2. The molecule has 0 amide bonds. The van der Waals surface area contributed by atoms with Gasteiger partial charge in [0.1, 0.15) is 5.65 Å². The Kier molecular flexibility index (Phi) is 4.58. The number of hydrogen-bond donors (Lipinski definition) is 0. The Bertz CT molecular complexity index is 901. The number of pyridine rings is 1. The minimum atomic E-state index is -3.39. The monoisotopic (exact) mass is 348 g/mol. The number of sulfone groups is 1. The summed E-state index contributed by atoms with van der Waals surface area (Å²) in [5, 5.41) is 0. The minimum absolute atomic E-state index is 0.102. The van der Waals surface area contributed by atoms with Crippen molar-refractivity contribution in [1.29, 1.82) is 0 Å². The number of hydrogen-bond acceptors (Lipinski definition) is 4. The van der Waals surface area contributed by atoms with Crippen LogP contribution in [-0.4, -0.2) is 33.5 Å². The van der Waals surface area contributed by atoms with E-state index >= 15 is 0 Å². The molecule has 0 aliphatic rings. The molecule has 0 saturated heterocycles. The predicted molar refractivity (Wildman–Crippen MR) is 90.4 cm³/mol. The van der Waals surface area contributed by atoms with Gasteiger partial charge in [-0.1, -0.05) is 24.3 Å². The fourth-order valence-corrected chi connectivity index (χ4v) is 5.28. The summed E-state index contributed by atoms with van der Waals surface area (Å²) in [6, 6.07) is 13.9. The third kappa shape index (κ3) is 3.86. The molecular weight excluding hydrogens is 332 g/mol. The van der Waals surface area contributed by atoms with Crippen molar-refractivity contribution in [2.45, 2.75) is 10.6 Å². The lowest BCUT2D eigenvalue weighted by atomic mass is 10.4. The van der Waals surface area contributed by atoms with Crippen LogP contribution in [0.2, 0.25) is 0 Å². The van der Waals surface area contributed by atoms with Crippen LogP contribution in [0.4, 0.5) is 0 Å². The van der Waals surface area contributed by atoms with E-state index in [4.69, 9.17) is 0 Å². The molecule has 120 valence electrons. The maximum absolute atomic E-state index is 12.2. The first-order valence-electron chi connectivity index (χ1n) is 7.10. The Morgan fingerprint density at radius 1 is 1.04 bits per heavy atom. The van der Waals surface area contributed by atoms with Gasteiger partial charge in [0.15, 0.2) is 9.84 Å². The van der Waals surface area contributed by atoms with Crippen LogP contribution in [0.25, 0.3) is 5.65 Å². The molecule has 2 heterocycles. The first kappa shape index (κ1) is 15.9. The van der Waals surface area contributed by atoms with Gasteiger partial charge in [0.25, 0.3) is 0 Å². The predicted octanol–water partition coefficient (Wildman–Crippen LogP) is 2.06. The molecule has 0 fully saturated rings. The number of nitrogens with zero attached hydrogens (tertiary/aromatic N) is 2. The number of fused-ring (bicyclic) bond motifs is 1. The second-order valence-electron chi connectivity index (χ2n) is 5.12. The summed E-state index contributed by atoms with van der Waals surface area (Å²) in [5.41, 5.74) is 1.49. The molecule has 0 spiro atoms. The molecule has 1 unspecified atom stereocenters. The van der Waals surface area contributed by atoms with E-state index in [-0.39, 0.29) is 22.2 Å². The molecule has 1 atom stereocenters. The molecule has 3 aromatic rings. The lowest BCUT2D eigenvalue weighted by Gasteiger charge is -2.04. The van der Waals surface area contributed by atoms with Gasteiger partial charge in [-0.05, 0) is 24.3 Å². The maximum atomic E-state index is 12.2. The van der Waals surface area contributed by atoms with Crippen LogP contribution in [0, 0.1) is 0 Å². The third-order valence-corrected chi connectivity index (χ3v) is 6.67. The number of benzene rings is 1. The fourth-order valence-electron chi connectivity index (χ4n) is 2.24. The van der Waals surface area contributed by atoms with E-state index in [1.54, 1.807) is 30.3 Å². The van der Waals surface area contributed by atoms with Crippen LogP contribution < -0.4 is 0 Å². The molecule has 23 heavy (non-hydrogen) atoms. The van der Waals surface area contributed by atoms with Crippen molar-refractivity contribution in [3.63, 3.8) is 0 Å². The summed E-state index contributed by atoms with van der Waals surface area (Å²) >= 11 is 0. The van der Waals surface area contributed by atoms with Gasteiger partial charge in [0, 0.05) is 28.9 Å². The molecule has 3 rings (SSSR count). The molecule has 0 radical (unpaired) electrons. The topological polar surface area (TPSA) is 68.5 Å². The van der Waals surface area contributed by atoms with Crippen LogP contribution in [0.1, 0.15) is 5.69 Å². The Balaban J connectivity index is 1.63. The third-order valence-electron chi connectivity index (χ3n) is 3.40. The SMILES string of the molecule is O=S(CCS(=O)(=O)c1ccccc1)Cc1cn2ccccc2n1. The second-order valence-corrected chi connectivity index (χ2v) is 8.80. The summed E-state index contributed by atoms with van der Waals surface area (Å²) in [6.07, 6.45) is 3.69. The van der Waals surface area contributed by atoms with E-state index in [0.29, 0.717) is 5.69 Å². The van der Waals surface area contributed by atoms with E-state index in [1.807, 2.05) is 35.0 Å². The zero-order chi connectivity index (χ0) is 16.3. The van der Waals surface area contributed by atoms with E-state index in [0.717, 1.165) is 5.65 Å². The van der Waals surface area contributed by atoms with Crippen molar-refractivity contribution in [2.24, 2.45) is 0 Å². The van der Waals surface area contributed by atoms with Gasteiger partial charge >= 0.3 is 0 Å². The average Bonchev–Trinajstić information content (AvgIpc) is 2.96. The first-order chi connectivity index (χ1) is 11.0. The Morgan fingerprint density at radius 3 is 2.52 bits per heavy atom. The standard InChI is InChI=1S/C16H16N2O3S2/c19-22(10-11-23(20,21)15-6-2-1-3-7-15)13-14-12-18-9-5-4-8-16(18)17-14/h1-9,12H,10-11,13H2. The van der Waals surface area contributed by atoms with Gasteiger partial charge < -0.3 is 4.40 Å². The van der Waals surface area contributed by atoms with Crippen molar-refractivity contribution in [1.82, 2.24) is 9.38 Å². The van der Waals surface area contributed by atoms with E-state index in [2.05, 4.69) is 4.98 Å². The summed E-state index contributed by atoms with van der Waals surface area (Å²) in [7, 11) is -4.66. The molecule has 0 saturated carbocycles. The average molecular weight is 348 g/mol. The smallest absolute Gasteiger partial charge is 0.179 e. The van der Waals surface area contributed by atoms with E-state index < -0.39 is 20.6 Å². The van der Waals surface area contributed by atoms with Crippen molar-refractivity contribution in [3.05, 3.63) is 66.6 Å². The normalized spacial score (nSPS) is 13.2. The largest absolute Gasteiger partial charge is 0.307 e. The van der Waals surface area contributed by atoms with Crippen LogP contribution in [0.5, 0.6) is 0 Å². The van der Waals surface area contributed by atoms with Gasteiger partial charge in [-0.3, -0.25) is 4.21 Å². The van der Waals surface area contributed by atoms with Crippen LogP contribution in [-0.2, 0) is 26.4 Å². The van der Waals surface area contributed by atoms with Crippen LogP contribution in [0.3, 0.4) is 0 Å². The molecule has 7 heteroatoms. The van der Waals surface area contributed by atoms with Gasteiger partial charge in [0.05, 0.1) is 22.1 Å². The highest BCUT2D eigenvalue weighted by molar-refractivity contribution is 7.93. The Morgan fingerprint density at radius 2 is 1.78 bits per heavy atom. The second kappa shape index (κ2) is 6.64. The van der Waals surface area contributed by atoms with Gasteiger partial charge in [-0.2, -0.15) is 0 Å². The van der Waals surface area contributed by atoms with Crippen LogP contribution >= 0.6 is 0 Å². The van der Waals surface area contributed by atoms with Gasteiger partial charge in [-0.15, -0.1) is 0 Å². The highest BCUT2D eigenvalue weighted by Crippen LogP contribution is 2.11. The molecule has 2 aromatic heterocycles. The Labute approximate surface area is 137 Å². The summed E-state index contributed by atoms with van der Waals surface area (Å²) in [4.78, 5) is 4.64. The molecular formula is C16H16N2O3S2. The molecule has 1 aromatic carbocycles. The van der Waals surface area contributed by atoms with Crippen LogP contribution in [0.15, 0.2) is 65.8 Å². The molecule has 0 N–H and O–H groups in total. The number of aromatic nitrogens is 2. The molecule has 0 aliphatic heterocycles. The van der Waals surface area contributed by atoms with Crippen molar-refractivity contribution >= 4 is 26.3 Å². The summed E-state index contributed by atoms with van der Waals surface area (Å²) in [5.74, 6) is 0.230. The number of rotatable bonds is 6. The maximum Gasteiger partial charge on any atom is 0.179 e. The fraction of sp³-hybridized carbons (Fsp3) is 0.188. The summed E-state index contributed by atoms with van der Waals surface area (Å²) < 4.78 is 38.4. The zero-order valence-corrected chi connectivity index (χ0v) is 14.0. The lowest BCUT2D eigenvalue weighted by Crippen LogP contribution is -2.14. The Hall–Kier alpha value is -1.99.